The molecular weight excluding hydrogens is 364 g/mol. The van der Waals surface area contributed by atoms with Crippen LogP contribution in [0.3, 0.4) is 0 Å². The van der Waals surface area contributed by atoms with E-state index in [1.54, 1.807) is 12.1 Å². The van der Waals surface area contributed by atoms with Crippen molar-refractivity contribution >= 4 is 34.4 Å². The van der Waals surface area contributed by atoms with E-state index in [0.29, 0.717) is 0 Å². The fourth-order valence-electron chi connectivity index (χ4n) is 3.74. The van der Waals surface area contributed by atoms with Gasteiger partial charge in [0.1, 0.15) is 11.8 Å². The fourth-order valence-corrected chi connectivity index (χ4v) is 3.94. The van der Waals surface area contributed by atoms with Gasteiger partial charge in [-0.05, 0) is 49.4 Å². The number of halogens is 1. The average Bonchev–Trinajstić information content (AvgIpc) is 3.03. The molecule has 0 unspecified atom stereocenters. The predicted octanol–water partition coefficient (Wildman–Crippen LogP) is 4.46. The number of aromatic nitrogens is 2. The van der Waals surface area contributed by atoms with Crippen LogP contribution in [0.15, 0.2) is 42.6 Å². The molecule has 0 saturated carbocycles. The summed E-state index contributed by atoms with van der Waals surface area (Å²) in [6.07, 6.45) is 5.77. The summed E-state index contributed by atoms with van der Waals surface area (Å²) in [7, 11) is 0. The van der Waals surface area contributed by atoms with Gasteiger partial charge in [-0.15, -0.1) is 0 Å². The van der Waals surface area contributed by atoms with Crippen molar-refractivity contribution in [3.8, 4) is 0 Å². The molecule has 0 saturated heterocycles. The number of esters is 1. The van der Waals surface area contributed by atoms with Crippen LogP contribution in [0.5, 0.6) is 0 Å². The Labute approximate surface area is 161 Å². The summed E-state index contributed by atoms with van der Waals surface area (Å²) in [5, 5.41) is 1.25. The van der Waals surface area contributed by atoms with E-state index in [0.717, 1.165) is 42.3 Å². The minimum absolute atomic E-state index is 0.00414. The van der Waals surface area contributed by atoms with Gasteiger partial charge in [0, 0.05) is 17.3 Å². The lowest BCUT2D eigenvalue weighted by atomic mass is 9.95. The highest BCUT2D eigenvalue weighted by Crippen LogP contribution is 2.32. The van der Waals surface area contributed by atoms with Crippen molar-refractivity contribution < 1.29 is 14.3 Å². The van der Waals surface area contributed by atoms with Crippen LogP contribution in [0.4, 0.5) is 0 Å². The molecule has 0 fully saturated rings. The maximum atomic E-state index is 12.9. The Balaban J connectivity index is 1.51. The molecule has 4 rings (SSSR count). The summed E-state index contributed by atoms with van der Waals surface area (Å²) in [4.78, 5) is 28.9. The van der Waals surface area contributed by atoms with E-state index in [4.69, 9.17) is 16.3 Å². The largest absolute Gasteiger partial charge is 0.461 e. The van der Waals surface area contributed by atoms with E-state index in [-0.39, 0.29) is 29.7 Å². The Morgan fingerprint density at radius 2 is 1.93 bits per heavy atom. The second-order valence-electron chi connectivity index (χ2n) is 6.61. The highest BCUT2D eigenvalue weighted by Gasteiger charge is 2.23. The Kier molecular flexibility index (Phi) is 4.94. The first-order valence-electron chi connectivity index (χ1n) is 9.09. The molecule has 0 spiro atoms. The summed E-state index contributed by atoms with van der Waals surface area (Å²) in [5.41, 5.74) is 3.53. The Bertz CT molecular complexity index is 1030. The molecule has 27 heavy (non-hydrogen) atoms. The van der Waals surface area contributed by atoms with Crippen LogP contribution in [-0.2, 0) is 17.6 Å². The normalized spacial score (nSPS) is 13.4. The van der Waals surface area contributed by atoms with Crippen molar-refractivity contribution in [1.29, 1.82) is 0 Å². The van der Waals surface area contributed by atoms with E-state index in [1.807, 2.05) is 22.8 Å². The van der Waals surface area contributed by atoms with E-state index in [9.17, 15) is 9.59 Å². The average molecular weight is 383 g/mol. The molecule has 2 heterocycles. The third kappa shape index (κ3) is 3.35. The first-order chi connectivity index (χ1) is 13.2. The maximum absolute atomic E-state index is 12.9. The van der Waals surface area contributed by atoms with Gasteiger partial charge in [0.25, 0.3) is 0 Å². The zero-order valence-corrected chi connectivity index (χ0v) is 15.5. The monoisotopic (exact) mass is 382 g/mol. The zero-order valence-electron chi connectivity index (χ0n) is 14.8. The summed E-state index contributed by atoms with van der Waals surface area (Å²) in [6, 6.07) is 11.2. The number of fused-ring (bicyclic) bond motifs is 3. The predicted molar refractivity (Wildman–Crippen MR) is 103 cm³/mol. The van der Waals surface area contributed by atoms with Crippen molar-refractivity contribution in [2.45, 2.75) is 32.1 Å². The summed E-state index contributed by atoms with van der Waals surface area (Å²) in [6.45, 7) is 0.00414. The van der Waals surface area contributed by atoms with E-state index >= 15 is 0 Å². The van der Waals surface area contributed by atoms with Crippen molar-refractivity contribution in [2.24, 2.45) is 0 Å². The SMILES string of the molecule is O=C(OCCC(=O)n1c2c(c3ccccc31)CCCC2)c1cccnc1Cl. The first-order valence-corrected chi connectivity index (χ1v) is 9.46. The number of hydrogen-bond acceptors (Lipinski definition) is 4. The molecule has 1 aliphatic carbocycles. The topological polar surface area (TPSA) is 61.2 Å². The summed E-state index contributed by atoms with van der Waals surface area (Å²) in [5.74, 6) is -0.625. The van der Waals surface area contributed by atoms with Crippen molar-refractivity contribution in [2.75, 3.05) is 6.61 Å². The molecule has 0 aliphatic heterocycles. The number of hydrogen-bond donors (Lipinski definition) is 0. The van der Waals surface area contributed by atoms with Gasteiger partial charge in [0.15, 0.2) is 0 Å². The number of carbonyl (C=O) groups is 2. The highest BCUT2D eigenvalue weighted by atomic mass is 35.5. The molecule has 1 aromatic carbocycles. The number of ether oxygens (including phenoxy) is 1. The van der Waals surface area contributed by atoms with Crippen LogP contribution in [0.25, 0.3) is 10.9 Å². The molecule has 0 atom stereocenters. The van der Waals surface area contributed by atoms with Crippen LogP contribution in [0, 0.1) is 0 Å². The van der Waals surface area contributed by atoms with Crippen LogP contribution in [-0.4, -0.2) is 28.0 Å². The Hall–Kier alpha value is -2.66. The number of pyridine rings is 1. The van der Waals surface area contributed by atoms with Crippen LogP contribution < -0.4 is 0 Å². The summed E-state index contributed by atoms with van der Waals surface area (Å²) < 4.78 is 7.05. The van der Waals surface area contributed by atoms with Crippen molar-refractivity contribution in [3.05, 3.63) is 64.6 Å². The van der Waals surface area contributed by atoms with Gasteiger partial charge in [-0.3, -0.25) is 9.36 Å². The second-order valence-corrected chi connectivity index (χ2v) is 6.96. The number of aryl methyl sites for hydroxylation is 1. The molecule has 138 valence electrons. The van der Waals surface area contributed by atoms with Gasteiger partial charge in [-0.25, -0.2) is 9.78 Å². The maximum Gasteiger partial charge on any atom is 0.341 e. The van der Waals surface area contributed by atoms with Gasteiger partial charge in [-0.1, -0.05) is 29.8 Å². The van der Waals surface area contributed by atoms with Crippen molar-refractivity contribution in [3.63, 3.8) is 0 Å². The van der Waals surface area contributed by atoms with Gasteiger partial charge in [-0.2, -0.15) is 0 Å². The smallest absolute Gasteiger partial charge is 0.341 e. The van der Waals surface area contributed by atoms with E-state index < -0.39 is 5.97 Å². The number of nitrogens with zero attached hydrogens (tertiary/aromatic N) is 2. The standard InChI is InChI=1S/C21H19ClN2O3/c22-20-16(8-5-12-23-20)21(26)27-13-11-19(25)24-17-9-3-1-6-14(17)15-7-2-4-10-18(15)24/h1,3,5-6,8-9,12H,2,4,7,10-11,13H2. The zero-order chi connectivity index (χ0) is 18.8. The minimum atomic E-state index is -0.569. The molecule has 0 radical (unpaired) electrons. The fraction of sp³-hybridized carbons (Fsp3) is 0.286. The third-order valence-corrected chi connectivity index (χ3v) is 5.26. The summed E-state index contributed by atoms with van der Waals surface area (Å²) >= 11 is 5.90. The molecule has 1 aliphatic rings. The van der Waals surface area contributed by atoms with E-state index in [2.05, 4.69) is 11.1 Å². The molecule has 5 nitrogen and oxygen atoms in total. The van der Waals surface area contributed by atoms with Crippen molar-refractivity contribution in [1.82, 2.24) is 9.55 Å². The molecule has 3 aromatic rings. The first kappa shape index (κ1) is 17.7. The van der Waals surface area contributed by atoms with E-state index in [1.165, 1.54) is 11.8 Å². The second kappa shape index (κ2) is 7.53. The molecular formula is C21H19ClN2O3. The van der Waals surface area contributed by atoms with Gasteiger partial charge >= 0.3 is 5.97 Å². The molecule has 0 N–H and O–H groups in total. The van der Waals surface area contributed by atoms with Crippen LogP contribution in [0.1, 0.15) is 45.7 Å². The molecule has 2 aromatic heterocycles. The number of carbonyl (C=O) groups excluding carboxylic acids is 2. The molecule has 0 amide bonds. The Morgan fingerprint density at radius 3 is 2.78 bits per heavy atom. The number of rotatable bonds is 4. The highest BCUT2D eigenvalue weighted by molar-refractivity contribution is 6.32. The molecule has 0 bridgehead atoms. The Morgan fingerprint density at radius 1 is 1.11 bits per heavy atom. The third-order valence-electron chi connectivity index (χ3n) is 4.96. The quantitative estimate of drug-likeness (QED) is 0.494. The minimum Gasteiger partial charge on any atom is -0.461 e. The lowest BCUT2D eigenvalue weighted by Gasteiger charge is -2.15. The molecule has 6 heteroatoms. The van der Waals surface area contributed by atoms with Gasteiger partial charge < -0.3 is 4.74 Å². The number of para-hydroxylation sites is 1. The van der Waals surface area contributed by atoms with Gasteiger partial charge in [0.2, 0.25) is 5.91 Å². The number of benzene rings is 1. The van der Waals surface area contributed by atoms with Crippen LogP contribution in [0.2, 0.25) is 5.15 Å². The van der Waals surface area contributed by atoms with Crippen LogP contribution >= 0.6 is 11.6 Å². The lowest BCUT2D eigenvalue weighted by Crippen LogP contribution is -2.19. The van der Waals surface area contributed by atoms with Gasteiger partial charge in [0.05, 0.1) is 17.5 Å². The lowest BCUT2D eigenvalue weighted by molar-refractivity contribution is 0.0489.